The first-order valence-corrected chi connectivity index (χ1v) is 15.0. The molecular formula is C28H41N7S2. The summed E-state index contributed by atoms with van der Waals surface area (Å²) in [6.45, 7) is 10.7. The molecule has 0 spiro atoms. The van der Waals surface area contributed by atoms with Gasteiger partial charge in [0.25, 0.3) is 0 Å². The number of aryl methyl sites for hydroxylation is 1. The number of hydrogen-bond donors (Lipinski definition) is 6. The summed E-state index contributed by atoms with van der Waals surface area (Å²) >= 11 is 3.31. The molecule has 2 aliphatic carbocycles. The minimum atomic E-state index is 0.0572. The van der Waals surface area contributed by atoms with Crippen LogP contribution in [0.15, 0.2) is 46.2 Å². The molecule has 0 radical (unpaired) electrons. The second kappa shape index (κ2) is 12.3. The number of anilines is 2. The molecule has 0 aromatic heterocycles. The second-order valence-corrected chi connectivity index (χ2v) is 12.3. The number of benzene rings is 2. The Kier molecular flexibility index (Phi) is 9.33. The summed E-state index contributed by atoms with van der Waals surface area (Å²) in [5, 5.41) is 23.1. The van der Waals surface area contributed by atoms with Gasteiger partial charge >= 0.3 is 0 Å². The van der Waals surface area contributed by atoms with E-state index in [0.717, 1.165) is 10.6 Å². The highest BCUT2D eigenvalue weighted by atomic mass is 32.2. The van der Waals surface area contributed by atoms with Crippen molar-refractivity contribution in [2.45, 2.75) is 107 Å². The molecule has 7 nitrogen and oxygen atoms in total. The lowest BCUT2D eigenvalue weighted by Gasteiger charge is -2.43. The SMILES string of the molecule is CC.CC1(NC2NSc3ccc(C#N)cc3N2)CCC1.Cc1ccc2c(c1)NC(NC1(C)CCC1)NS2. The molecule has 2 atom stereocenters. The molecule has 2 unspecified atom stereocenters. The third-order valence-corrected chi connectivity index (χ3v) is 9.18. The molecule has 2 fully saturated rings. The molecule has 0 amide bonds. The van der Waals surface area contributed by atoms with Gasteiger partial charge in [0, 0.05) is 20.9 Å². The topological polar surface area (TPSA) is 96.0 Å². The van der Waals surface area contributed by atoms with Crippen LogP contribution in [0, 0.1) is 18.3 Å². The van der Waals surface area contributed by atoms with Gasteiger partial charge in [-0.2, -0.15) is 5.26 Å². The predicted molar refractivity (Wildman–Crippen MR) is 157 cm³/mol. The molecule has 2 aliphatic heterocycles. The lowest BCUT2D eigenvalue weighted by molar-refractivity contribution is 0.188. The quantitative estimate of drug-likeness (QED) is 0.252. The van der Waals surface area contributed by atoms with Crippen molar-refractivity contribution in [1.29, 1.82) is 5.26 Å². The average molecular weight is 540 g/mol. The molecule has 2 saturated carbocycles. The Morgan fingerprint density at radius 3 is 1.76 bits per heavy atom. The second-order valence-electron chi connectivity index (χ2n) is 10.5. The Morgan fingerprint density at radius 1 is 0.811 bits per heavy atom. The van der Waals surface area contributed by atoms with Crippen molar-refractivity contribution < 1.29 is 0 Å². The highest BCUT2D eigenvalue weighted by Crippen LogP contribution is 2.35. The molecule has 37 heavy (non-hydrogen) atoms. The van der Waals surface area contributed by atoms with Gasteiger partial charge in [0.1, 0.15) is 12.6 Å². The molecule has 9 heteroatoms. The van der Waals surface area contributed by atoms with Crippen molar-refractivity contribution in [2.75, 3.05) is 10.6 Å². The maximum Gasteiger partial charge on any atom is 0.142 e. The van der Waals surface area contributed by atoms with Gasteiger partial charge in [-0.25, -0.2) is 9.44 Å². The average Bonchev–Trinajstić information content (AvgIpc) is 2.87. The molecule has 6 rings (SSSR count). The van der Waals surface area contributed by atoms with Crippen molar-refractivity contribution in [1.82, 2.24) is 20.1 Å². The van der Waals surface area contributed by atoms with E-state index in [1.54, 1.807) is 23.9 Å². The van der Waals surface area contributed by atoms with Crippen LogP contribution < -0.4 is 30.7 Å². The van der Waals surface area contributed by atoms with Gasteiger partial charge in [-0.1, -0.05) is 19.9 Å². The van der Waals surface area contributed by atoms with Crippen LogP contribution in [0.5, 0.6) is 0 Å². The molecule has 200 valence electrons. The van der Waals surface area contributed by atoms with Crippen LogP contribution >= 0.6 is 23.9 Å². The van der Waals surface area contributed by atoms with Crippen LogP contribution in [-0.4, -0.2) is 23.7 Å². The molecule has 6 N–H and O–H groups in total. The number of fused-ring (bicyclic) bond motifs is 2. The molecule has 4 aliphatic rings. The van der Waals surface area contributed by atoms with Gasteiger partial charge in [0.2, 0.25) is 0 Å². The van der Waals surface area contributed by atoms with Gasteiger partial charge in [0.05, 0.1) is 23.0 Å². The number of nitrogens with zero attached hydrogens (tertiary/aromatic N) is 1. The van der Waals surface area contributed by atoms with Gasteiger partial charge in [-0.05, 0) is 119 Å². The van der Waals surface area contributed by atoms with E-state index in [-0.39, 0.29) is 18.1 Å². The smallest absolute Gasteiger partial charge is 0.142 e. The number of nitrogens with one attached hydrogen (secondary N) is 6. The molecule has 2 aromatic carbocycles. The van der Waals surface area contributed by atoms with Crippen LogP contribution in [-0.2, 0) is 0 Å². The Balaban J connectivity index is 0.000000162. The predicted octanol–water partition coefficient (Wildman–Crippen LogP) is 6.26. The Morgan fingerprint density at radius 2 is 1.30 bits per heavy atom. The Hall–Kier alpha value is -1.93. The lowest BCUT2D eigenvalue weighted by atomic mass is 9.78. The number of hydrogen-bond acceptors (Lipinski definition) is 9. The molecular weight excluding hydrogens is 498 g/mol. The molecule has 2 aromatic rings. The van der Waals surface area contributed by atoms with E-state index in [1.165, 1.54) is 54.7 Å². The van der Waals surface area contributed by atoms with Gasteiger partial charge in [0.15, 0.2) is 0 Å². The third kappa shape index (κ3) is 7.14. The first-order chi connectivity index (χ1) is 17.8. The first kappa shape index (κ1) is 28.1. The van der Waals surface area contributed by atoms with Crippen molar-refractivity contribution >= 4 is 35.3 Å². The van der Waals surface area contributed by atoms with Crippen LogP contribution in [0.1, 0.15) is 77.3 Å². The number of rotatable bonds is 4. The van der Waals surface area contributed by atoms with Crippen molar-refractivity contribution in [3.63, 3.8) is 0 Å². The van der Waals surface area contributed by atoms with Gasteiger partial charge in [-0.3, -0.25) is 10.6 Å². The van der Waals surface area contributed by atoms with E-state index in [9.17, 15) is 0 Å². The van der Waals surface area contributed by atoms with E-state index in [0.29, 0.717) is 11.1 Å². The van der Waals surface area contributed by atoms with Crippen molar-refractivity contribution in [3.05, 3.63) is 47.5 Å². The first-order valence-electron chi connectivity index (χ1n) is 13.4. The van der Waals surface area contributed by atoms with Crippen LogP contribution in [0.25, 0.3) is 0 Å². The fraction of sp³-hybridized carbons (Fsp3) is 0.536. The third-order valence-electron chi connectivity index (χ3n) is 7.32. The summed E-state index contributed by atoms with van der Waals surface area (Å²) < 4.78 is 6.76. The minimum Gasteiger partial charge on any atom is -0.356 e. The maximum atomic E-state index is 8.92. The van der Waals surface area contributed by atoms with Crippen LogP contribution in [0.4, 0.5) is 11.4 Å². The molecule has 2 heterocycles. The molecule has 0 bridgehead atoms. The summed E-state index contributed by atoms with van der Waals surface area (Å²) in [6.07, 6.45) is 7.88. The van der Waals surface area contributed by atoms with Crippen molar-refractivity contribution in [2.24, 2.45) is 0 Å². The maximum absolute atomic E-state index is 8.92. The summed E-state index contributed by atoms with van der Waals surface area (Å²) in [4.78, 5) is 2.40. The van der Waals surface area contributed by atoms with E-state index in [2.05, 4.69) is 75.8 Å². The van der Waals surface area contributed by atoms with Crippen molar-refractivity contribution in [3.8, 4) is 6.07 Å². The fourth-order valence-electron chi connectivity index (χ4n) is 4.79. The largest absolute Gasteiger partial charge is 0.356 e. The fourth-order valence-corrected chi connectivity index (χ4v) is 6.25. The zero-order valence-electron chi connectivity index (χ0n) is 22.6. The zero-order chi connectivity index (χ0) is 26.5. The minimum absolute atomic E-state index is 0.0572. The summed E-state index contributed by atoms with van der Waals surface area (Å²) in [5.74, 6) is 0. The standard InChI is InChI=1S/C13H16N4S.C13H19N3S.C2H6/c1-13(5-2-6-13)16-12-15-10-7-9(8-14)3-4-11(10)18-17-12;1-9-4-5-11-10(8-9)14-12(16-17-11)15-13(2)6-3-7-13;1-2/h3-4,7,12,15-17H,2,5-6H2,1H3;4-5,8,12,14-16H,3,6-7H2,1-2H3;1-2H3. The van der Waals surface area contributed by atoms with E-state index in [1.807, 2.05) is 32.0 Å². The summed E-state index contributed by atoms with van der Waals surface area (Å²) in [7, 11) is 0. The summed E-state index contributed by atoms with van der Waals surface area (Å²) in [5.41, 5.74) is 4.80. The van der Waals surface area contributed by atoms with E-state index < -0.39 is 0 Å². The van der Waals surface area contributed by atoms with E-state index in [4.69, 9.17) is 5.26 Å². The number of nitriles is 1. The highest BCUT2D eigenvalue weighted by Gasteiger charge is 2.35. The van der Waals surface area contributed by atoms with Crippen LogP contribution in [0.2, 0.25) is 0 Å². The molecule has 0 saturated heterocycles. The monoisotopic (exact) mass is 539 g/mol. The zero-order valence-corrected chi connectivity index (χ0v) is 24.3. The van der Waals surface area contributed by atoms with Crippen LogP contribution in [0.3, 0.4) is 0 Å². The normalized spacial score (nSPS) is 23.8. The lowest BCUT2D eigenvalue weighted by Crippen LogP contribution is -2.59. The van der Waals surface area contributed by atoms with Gasteiger partial charge in [-0.15, -0.1) is 0 Å². The highest BCUT2D eigenvalue weighted by molar-refractivity contribution is 7.97. The van der Waals surface area contributed by atoms with E-state index >= 15 is 0 Å². The Labute approximate surface area is 231 Å². The van der Waals surface area contributed by atoms with Gasteiger partial charge < -0.3 is 10.6 Å². The summed E-state index contributed by atoms with van der Waals surface area (Å²) in [6, 6.07) is 14.4. The Bertz CT molecular complexity index is 1110.